The Kier molecular flexibility index (Phi) is 6.18. The Labute approximate surface area is 188 Å². The van der Waals surface area contributed by atoms with Gasteiger partial charge in [0.15, 0.2) is 0 Å². The molecule has 0 aliphatic carbocycles. The summed E-state index contributed by atoms with van der Waals surface area (Å²) in [6, 6.07) is 14.5. The molecule has 6 nitrogen and oxygen atoms in total. The van der Waals surface area contributed by atoms with Gasteiger partial charge >= 0.3 is 0 Å². The first-order valence-corrected chi connectivity index (χ1v) is 10.9. The normalized spacial score (nSPS) is 11.1. The van der Waals surface area contributed by atoms with Gasteiger partial charge < -0.3 is 10.0 Å². The first-order chi connectivity index (χ1) is 15.0. The molecular weight excluding hydrogens is 434 g/mol. The summed E-state index contributed by atoms with van der Waals surface area (Å²) in [6.07, 6.45) is 1.56. The van der Waals surface area contributed by atoms with Crippen LogP contribution in [0.3, 0.4) is 0 Å². The lowest BCUT2D eigenvalue weighted by Gasteiger charge is -2.15. The molecule has 0 atom stereocenters. The zero-order chi connectivity index (χ0) is 22.0. The van der Waals surface area contributed by atoms with E-state index in [0.717, 1.165) is 16.7 Å². The number of carbonyl (C=O) groups is 1. The number of hydrogen-bond acceptors (Lipinski definition) is 5. The minimum atomic E-state index is -0.160. The Morgan fingerprint density at radius 2 is 1.87 bits per heavy atom. The van der Waals surface area contributed by atoms with E-state index in [9.17, 15) is 9.59 Å². The number of thiophene rings is 1. The maximum atomic E-state index is 13.2. The average molecular weight is 454 g/mol. The molecule has 8 heteroatoms. The van der Waals surface area contributed by atoms with Crippen LogP contribution in [0.4, 0.5) is 0 Å². The van der Waals surface area contributed by atoms with E-state index < -0.39 is 0 Å². The second-order valence-electron chi connectivity index (χ2n) is 7.16. The fourth-order valence-corrected chi connectivity index (χ4v) is 4.38. The number of amides is 1. The fourth-order valence-electron chi connectivity index (χ4n) is 3.34. The molecule has 0 saturated heterocycles. The lowest BCUT2D eigenvalue weighted by atomic mass is 10.1. The van der Waals surface area contributed by atoms with Crippen molar-refractivity contribution >= 4 is 39.1 Å². The van der Waals surface area contributed by atoms with Gasteiger partial charge in [-0.1, -0.05) is 35.9 Å². The number of rotatable bonds is 6. The Balaban J connectivity index is 1.63. The van der Waals surface area contributed by atoms with Crippen molar-refractivity contribution in [3.63, 3.8) is 0 Å². The summed E-state index contributed by atoms with van der Waals surface area (Å²) < 4.78 is 1.57. The first-order valence-electron chi connectivity index (χ1n) is 9.66. The third-order valence-corrected chi connectivity index (χ3v) is 6.19. The van der Waals surface area contributed by atoms with Crippen LogP contribution >= 0.6 is 22.9 Å². The van der Waals surface area contributed by atoms with E-state index >= 15 is 0 Å². The highest BCUT2D eigenvalue weighted by atomic mass is 35.5. The second kappa shape index (κ2) is 9.01. The van der Waals surface area contributed by atoms with E-state index in [0.29, 0.717) is 27.3 Å². The molecule has 2 heterocycles. The van der Waals surface area contributed by atoms with E-state index in [-0.39, 0.29) is 24.6 Å². The molecule has 4 rings (SSSR count). The number of aliphatic hydroxyl groups excluding tert-OH is 1. The smallest absolute Gasteiger partial charge is 0.263 e. The average Bonchev–Trinajstić information content (AvgIpc) is 3.21. The minimum Gasteiger partial charge on any atom is -0.395 e. The van der Waals surface area contributed by atoms with Gasteiger partial charge in [0.25, 0.3) is 11.5 Å². The highest BCUT2D eigenvalue weighted by Gasteiger charge is 2.14. The molecule has 0 aliphatic heterocycles. The standard InChI is InChI=1S/C23H20ClN3O3S/c1-26(10-11-28)22(29)17-4-2-15(3-5-17)12-27-14-25-21-20(23(27)30)19(13-31-21)16-6-8-18(24)9-7-16/h2-9,13-14,28H,10-12H2,1H3. The number of nitrogens with zero attached hydrogens (tertiary/aromatic N) is 3. The Morgan fingerprint density at radius 1 is 1.16 bits per heavy atom. The number of aliphatic hydroxyl groups is 1. The molecule has 0 radical (unpaired) electrons. The molecule has 2 aromatic carbocycles. The molecule has 0 spiro atoms. The van der Waals surface area contributed by atoms with E-state index in [1.807, 2.05) is 29.6 Å². The van der Waals surface area contributed by atoms with Crippen LogP contribution in [0.25, 0.3) is 21.3 Å². The number of benzene rings is 2. The first kappa shape index (κ1) is 21.2. The third-order valence-electron chi connectivity index (χ3n) is 5.05. The van der Waals surface area contributed by atoms with Crippen LogP contribution in [0.1, 0.15) is 15.9 Å². The maximum Gasteiger partial charge on any atom is 0.263 e. The number of hydrogen-bond donors (Lipinski definition) is 1. The van der Waals surface area contributed by atoms with E-state index in [2.05, 4.69) is 4.98 Å². The van der Waals surface area contributed by atoms with Crippen LogP contribution in [-0.2, 0) is 6.54 Å². The number of aromatic nitrogens is 2. The Morgan fingerprint density at radius 3 is 2.55 bits per heavy atom. The molecule has 1 amide bonds. The molecule has 0 aliphatic rings. The fraction of sp³-hybridized carbons (Fsp3) is 0.174. The predicted molar refractivity (Wildman–Crippen MR) is 124 cm³/mol. The summed E-state index contributed by atoms with van der Waals surface area (Å²) in [5, 5.41) is 12.2. The highest BCUT2D eigenvalue weighted by Crippen LogP contribution is 2.31. The predicted octanol–water partition coefficient (Wildman–Crippen LogP) is 3.89. The minimum absolute atomic E-state index is 0.0840. The van der Waals surface area contributed by atoms with E-state index in [1.54, 1.807) is 42.2 Å². The summed E-state index contributed by atoms with van der Waals surface area (Å²) in [7, 11) is 1.64. The SMILES string of the molecule is CN(CCO)C(=O)c1ccc(Cn2cnc3scc(-c4ccc(Cl)cc4)c3c2=O)cc1. The number of halogens is 1. The largest absolute Gasteiger partial charge is 0.395 e. The van der Waals surface area contributed by atoms with E-state index in [4.69, 9.17) is 16.7 Å². The van der Waals surface area contributed by atoms with Gasteiger partial charge in [-0.15, -0.1) is 11.3 Å². The number of fused-ring (bicyclic) bond motifs is 1. The van der Waals surface area contributed by atoms with Gasteiger partial charge in [0, 0.05) is 35.1 Å². The summed E-state index contributed by atoms with van der Waals surface area (Å²) >= 11 is 7.43. The van der Waals surface area contributed by atoms with Crippen molar-refractivity contribution in [3.8, 4) is 11.1 Å². The molecule has 0 fully saturated rings. The van der Waals surface area contributed by atoms with Crippen LogP contribution in [0, 0.1) is 0 Å². The van der Waals surface area contributed by atoms with Gasteiger partial charge in [-0.25, -0.2) is 4.98 Å². The monoisotopic (exact) mass is 453 g/mol. The lowest BCUT2D eigenvalue weighted by molar-refractivity contribution is 0.0767. The van der Waals surface area contributed by atoms with Crippen molar-refractivity contribution in [1.29, 1.82) is 0 Å². The summed E-state index contributed by atoms with van der Waals surface area (Å²) in [6.45, 7) is 0.538. The quantitative estimate of drug-likeness (QED) is 0.480. The molecule has 2 aromatic heterocycles. The van der Waals surface area contributed by atoms with Crippen molar-refractivity contribution in [2.45, 2.75) is 6.54 Å². The van der Waals surface area contributed by atoms with Gasteiger partial charge in [-0.2, -0.15) is 0 Å². The zero-order valence-electron chi connectivity index (χ0n) is 16.8. The van der Waals surface area contributed by atoms with Crippen molar-refractivity contribution < 1.29 is 9.90 Å². The van der Waals surface area contributed by atoms with Gasteiger partial charge in [0.1, 0.15) is 4.83 Å². The molecule has 0 unspecified atom stereocenters. The Bertz CT molecular complexity index is 1280. The van der Waals surface area contributed by atoms with Gasteiger partial charge in [0.2, 0.25) is 0 Å². The maximum absolute atomic E-state index is 13.2. The van der Waals surface area contributed by atoms with Crippen LogP contribution in [0.15, 0.2) is 65.0 Å². The number of carbonyl (C=O) groups excluding carboxylic acids is 1. The van der Waals surface area contributed by atoms with Crippen LogP contribution < -0.4 is 5.56 Å². The molecule has 0 bridgehead atoms. The molecule has 158 valence electrons. The zero-order valence-corrected chi connectivity index (χ0v) is 18.4. The summed E-state index contributed by atoms with van der Waals surface area (Å²) in [4.78, 5) is 32.1. The Hall–Kier alpha value is -3.00. The molecule has 1 N–H and O–H groups in total. The van der Waals surface area contributed by atoms with Crippen LogP contribution in [-0.4, -0.2) is 45.7 Å². The summed E-state index contributed by atoms with van der Waals surface area (Å²) in [5.74, 6) is -0.160. The van der Waals surface area contributed by atoms with Gasteiger partial charge in [-0.05, 0) is 35.4 Å². The topological polar surface area (TPSA) is 75.4 Å². The molecule has 4 aromatic rings. The molecule has 0 saturated carbocycles. The van der Waals surface area contributed by atoms with Gasteiger partial charge in [-0.3, -0.25) is 14.2 Å². The van der Waals surface area contributed by atoms with Gasteiger partial charge in [0.05, 0.1) is 24.9 Å². The molecular formula is C23H20ClN3O3S. The second-order valence-corrected chi connectivity index (χ2v) is 8.46. The van der Waals surface area contributed by atoms with E-state index in [1.165, 1.54) is 16.2 Å². The van der Waals surface area contributed by atoms with Crippen molar-refractivity contribution in [1.82, 2.24) is 14.5 Å². The molecule has 31 heavy (non-hydrogen) atoms. The third kappa shape index (κ3) is 4.39. The van der Waals surface area contributed by atoms with Crippen molar-refractivity contribution in [2.75, 3.05) is 20.2 Å². The van der Waals surface area contributed by atoms with Crippen LogP contribution in [0.5, 0.6) is 0 Å². The summed E-state index contributed by atoms with van der Waals surface area (Å²) in [5.41, 5.74) is 3.06. The van der Waals surface area contributed by atoms with Crippen molar-refractivity contribution in [2.24, 2.45) is 0 Å². The lowest BCUT2D eigenvalue weighted by Crippen LogP contribution is -2.29. The van der Waals surface area contributed by atoms with Crippen molar-refractivity contribution in [3.05, 3.63) is 86.7 Å². The number of likely N-dealkylation sites (N-methyl/N-ethyl adjacent to an activating group) is 1. The van der Waals surface area contributed by atoms with Crippen LogP contribution in [0.2, 0.25) is 5.02 Å². The highest BCUT2D eigenvalue weighted by molar-refractivity contribution is 7.17.